The van der Waals surface area contributed by atoms with E-state index in [0.29, 0.717) is 5.75 Å². The highest BCUT2D eigenvalue weighted by Crippen LogP contribution is 2.24. The molecule has 0 aromatic heterocycles. The van der Waals surface area contributed by atoms with Crippen LogP contribution in [0.25, 0.3) is 10.8 Å². The molecule has 0 saturated heterocycles. The smallest absolute Gasteiger partial charge is 0.262 e. The highest BCUT2D eigenvalue weighted by Gasteiger charge is 2.07. The summed E-state index contributed by atoms with van der Waals surface area (Å²) in [6.07, 6.45) is 0. The molecule has 0 radical (unpaired) electrons. The van der Waals surface area contributed by atoms with Crippen LogP contribution in [0.1, 0.15) is 11.1 Å². The van der Waals surface area contributed by atoms with Crippen molar-refractivity contribution in [1.82, 2.24) is 0 Å². The Morgan fingerprint density at radius 2 is 1.79 bits per heavy atom. The van der Waals surface area contributed by atoms with Crippen LogP contribution in [-0.4, -0.2) is 12.5 Å². The summed E-state index contributed by atoms with van der Waals surface area (Å²) >= 11 is 3.46. The molecule has 122 valence electrons. The summed E-state index contributed by atoms with van der Waals surface area (Å²) in [5, 5.41) is 5.09. The summed E-state index contributed by atoms with van der Waals surface area (Å²) in [5.41, 5.74) is 3.04. The Balaban J connectivity index is 1.66. The maximum absolute atomic E-state index is 12.1. The van der Waals surface area contributed by atoms with Crippen molar-refractivity contribution in [3.8, 4) is 5.75 Å². The zero-order chi connectivity index (χ0) is 17.1. The number of aryl methyl sites for hydroxylation is 1. The molecule has 0 spiro atoms. The summed E-state index contributed by atoms with van der Waals surface area (Å²) < 4.78 is 6.66. The Kier molecular flexibility index (Phi) is 4.86. The molecule has 3 nitrogen and oxygen atoms in total. The summed E-state index contributed by atoms with van der Waals surface area (Å²) in [7, 11) is 0. The first kappa shape index (κ1) is 16.5. The Morgan fingerprint density at radius 1 is 1.04 bits per heavy atom. The fourth-order valence-electron chi connectivity index (χ4n) is 2.51. The molecule has 3 aromatic carbocycles. The fraction of sp³-hybridized carbons (Fsp3) is 0.150. The van der Waals surface area contributed by atoms with Gasteiger partial charge >= 0.3 is 0 Å². The Hall–Kier alpha value is -2.33. The first-order valence-electron chi connectivity index (χ1n) is 7.71. The van der Waals surface area contributed by atoms with Crippen LogP contribution in [0.15, 0.2) is 59.1 Å². The average Bonchev–Trinajstić information content (AvgIpc) is 2.57. The number of carbonyl (C=O) groups excluding carboxylic acids is 1. The number of fused-ring (bicyclic) bond motifs is 1. The second-order valence-corrected chi connectivity index (χ2v) is 6.65. The lowest BCUT2D eigenvalue weighted by Crippen LogP contribution is -2.20. The third kappa shape index (κ3) is 3.77. The minimum Gasteiger partial charge on any atom is -0.484 e. The zero-order valence-corrected chi connectivity index (χ0v) is 15.2. The van der Waals surface area contributed by atoms with E-state index in [1.807, 2.05) is 68.4 Å². The standard InChI is InChI=1S/C20H18BrNO2/c1-13-4-3-5-19(14(13)2)22-20(23)12-24-18-9-7-15-10-17(21)8-6-16(15)11-18/h3-11H,12H2,1-2H3,(H,22,23). The number of amides is 1. The van der Waals surface area contributed by atoms with Crippen molar-refractivity contribution in [1.29, 1.82) is 0 Å². The van der Waals surface area contributed by atoms with Gasteiger partial charge in [0.2, 0.25) is 0 Å². The van der Waals surface area contributed by atoms with Gasteiger partial charge in [0.05, 0.1) is 0 Å². The van der Waals surface area contributed by atoms with Gasteiger partial charge in [-0.05, 0) is 66.1 Å². The van der Waals surface area contributed by atoms with E-state index in [4.69, 9.17) is 4.74 Å². The summed E-state index contributed by atoms with van der Waals surface area (Å²) in [6, 6.07) is 17.7. The van der Waals surface area contributed by atoms with Crippen molar-refractivity contribution in [3.05, 3.63) is 70.2 Å². The third-order valence-corrected chi connectivity index (χ3v) is 4.52. The van der Waals surface area contributed by atoms with Gasteiger partial charge in [-0.1, -0.05) is 40.2 Å². The van der Waals surface area contributed by atoms with E-state index in [-0.39, 0.29) is 12.5 Å². The number of benzene rings is 3. The molecule has 1 amide bonds. The lowest BCUT2D eigenvalue weighted by atomic mass is 10.1. The molecule has 0 bridgehead atoms. The van der Waals surface area contributed by atoms with E-state index >= 15 is 0 Å². The van der Waals surface area contributed by atoms with Gasteiger partial charge in [0.1, 0.15) is 5.75 Å². The molecule has 24 heavy (non-hydrogen) atoms. The highest BCUT2D eigenvalue weighted by atomic mass is 79.9. The molecule has 0 unspecified atom stereocenters. The first-order chi connectivity index (χ1) is 11.5. The molecule has 0 heterocycles. The van der Waals surface area contributed by atoms with E-state index in [9.17, 15) is 4.79 Å². The number of hydrogen-bond acceptors (Lipinski definition) is 2. The minimum absolute atomic E-state index is 0.0184. The summed E-state index contributed by atoms with van der Waals surface area (Å²) in [4.78, 5) is 12.1. The van der Waals surface area contributed by atoms with E-state index in [1.54, 1.807) is 0 Å². The second-order valence-electron chi connectivity index (χ2n) is 5.74. The Labute approximate surface area is 149 Å². The quantitative estimate of drug-likeness (QED) is 0.668. The number of carbonyl (C=O) groups is 1. The van der Waals surface area contributed by atoms with E-state index < -0.39 is 0 Å². The van der Waals surface area contributed by atoms with E-state index in [1.165, 1.54) is 0 Å². The Bertz CT molecular complexity index is 905. The number of anilines is 1. The SMILES string of the molecule is Cc1cccc(NC(=O)COc2ccc3cc(Br)ccc3c2)c1C. The van der Waals surface area contributed by atoms with Gasteiger partial charge in [0.25, 0.3) is 5.91 Å². The molecule has 0 saturated carbocycles. The van der Waals surface area contributed by atoms with Gasteiger partial charge in [-0.15, -0.1) is 0 Å². The number of ether oxygens (including phenoxy) is 1. The van der Waals surface area contributed by atoms with Crippen LogP contribution in [-0.2, 0) is 4.79 Å². The van der Waals surface area contributed by atoms with Crippen molar-refractivity contribution in [2.45, 2.75) is 13.8 Å². The molecule has 0 fully saturated rings. The summed E-state index contributed by atoms with van der Waals surface area (Å²) in [6.45, 7) is 4.00. The lowest BCUT2D eigenvalue weighted by Gasteiger charge is -2.11. The van der Waals surface area contributed by atoms with Crippen molar-refractivity contribution >= 4 is 38.3 Å². The third-order valence-electron chi connectivity index (χ3n) is 4.02. The lowest BCUT2D eigenvalue weighted by molar-refractivity contribution is -0.118. The highest BCUT2D eigenvalue weighted by molar-refractivity contribution is 9.10. The maximum Gasteiger partial charge on any atom is 0.262 e. The normalized spacial score (nSPS) is 10.6. The van der Waals surface area contributed by atoms with Crippen LogP contribution in [0.5, 0.6) is 5.75 Å². The maximum atomic E-state index is 12.1. The number of hydrogen-bond donors (Lipinski definition) is 1. The number of rotatable bonds is 4. The van der Waals surface area contributed by atoms with E-state index in [2.05, 4.69) is 21.2 Å². The summed E-state index contributed by atoms with van der Waals surface area (Å²) in [5.74, 6) is 0.514. The van der Waals surface area contributed by atoms with Gasteiger partial charge in [0.15, 0.2) is 6.61 Å². The molecule has 0 aliphatic heterocycles. The zero-order valence-electron chi connectivity index (χ0n) is 13.6. The molecule has 1 N–H and O–H groups in total. The number of nitrogens with one attached hydrogen (secondary N) is 1. The molecule has 0 aliphatic carbocycles. The topological polar surface area (TPSA) is 38.3 Å². The molecular weight excluding hydrogens is 366 g/mol. The van der Waals surface area contributed by atoms with Crippen LogP contribution in [0.4, 0.5) is 5.69 Å². The van der Waals surface area contributed by atoms with Gasteiger partial charge in [-0.2, -0.15) is 0 Å². The largest absolute Gasteiger partial charge is 0.484 e. The molecule has 0 atom stereocenters. The van der Waals surface area contributed by atoms with Gasteiger partial charge in [-0.25, -0.2) is 0 Å². The predicted octanol–water partition coefficient (Wildman–Crippen LogP) is 5.24. The molecule has 3 aromatic rings. The molecule has 4 heteroatoms. The minimum atomic E-state index is -0.167. The van der Waals surface area contributed by atoms with Crippen molar-refractivity contribution in [2.24, 2.45) is 0 Å². The fourth-order valence-corrected chi connectivity index (χ4v) is 2.88. The van der Waals surface area contributed by atoms with Gasteiger partial charge < -0.3 is 10.1 Å². The van der Waals surface area contributed by atoms with E-state index in [0.717, 1.165) is 32.1 Å². The van der Waals surface area contributed by atoms with Crippen LogP contribution < -0.4 is 10.1 Å². The molecule has 0 aliphatic rings. The van der Waals surface area contributed by atoms with Crippen LogP contribution in [0, 0.1) is 13.8 Å². The predicted molar refractivity (Wildman–Crippen MR) is 102 cm³/mol. The van der Waals surface area contributed by atoms with Crippen LogP contribution in [0.2, 0.25) is 0 Å². The van der Waals surface area contributed by atoms with Gasteiger partial charge in [-0.3, -0.25) is 4.79 Å². The molecule has 3 rings (SSSR count). The molecular formula is C20H18BrNO2. The van der Waals surface area contributed by atoms with Crippen LogP contribution >= 0.6 is 15.9 Å². The first-order valence-corrected chi connectivity index (χ1v) is 8.50. The van der Waals surface area contributed by atoms with Gasteiger partial charge in [0, 0.05) is 10.2 Å². The van der Waals surface area contributed by atoms with Crippen molar-refractivity contribution in [3.63, 3.8) is 0 Å². The van der Waals surface area contributed by atoms with Crippen LogP contribution in [0.3, 0.4) is 0 Å². The van der Waals surface area contributed by atoms with Crippen molar-refractivity contribution in [2.75, 3.05) is 11.9 Å². The monoisotopic (exact) mass is 383 g/mol. The second kappa shape index (κ2) is 7.05. The Morgan fingerprint density at radius 3 is 2.62 bits per heavy atom. The average molecular weight is 384 g/mol. The number of halogens is 1. The van der Waals surface area contributed by atoms with Crippen molar-refractivity contribution < 1.29 is 9.53 Å².